The van der Waals surface area contributed by atoms with Crippen LogP contribution < -0.4 is 5.73 Å². The third-order valence-electron chi connectivity index (χ3n) is 2.57. The fourth-order valence-corrected chi connectivity index (χ4v) is 1.46. The first-order chi connectivity index (χ1) is 7.65. The lowest BCUT2D eigenvalue weighted by Gasteiger charge is -2.08. The van der Waals surface area contributed by atoms with E-state index in [0.29, 0.717) is 17.1 Å². The van der Waals surface area contributed by atoms with Crippen molar-refractivity contribution in [1.29, 1.82) is 5.26 Å². The summed E-state index contributed by atoms with van der Waals surface area (Å²) >= 11 is 0. The van der Waals surface area contributed by atoms with Gasteiger partial charge in [0.15, 0.2) is 5.82 Å². The third-order valence-corrected chi connectivity index (χ3v) is 2.57. The Hall–Kier alpha value is -2.35. The molecule has 2 rings (SSSR count). The van der Waals surface area contributed by atoms with E-state index in [2.05, 4.69) is 9.97 Å². The van der Waals surface area contributed by atoms with Crippen molar-refractivity contribution in [2.24, 2.45) is 0 Å². The van der Waals surface area contributed by atoms with Crippen molar-refractivity contribution in [3.8, 4) is 11.9 Å². The summed E-state index contributed by atoms with van der Waals surface area (Å²) in [7, 11) is 0. The topological polar surface area (TPSA) is 80.5 Å². The van der Waals surface area contributed by atoms with E-state index in [1.807, 2.05) is 19.9 Å². The van der Waals surface area contributed by atoms with Crippen LogP contribution in [0.3, 0.4) is 0 Å². The molecule has 2 aromatic heterocycles. The average molecular weight is 213 g/mol. The van der Waals surface area contributed by atoms with Crippen molar-refractivity contribution < 1.29 is 0 Å². The van der Waals surface area contributed by atoms with Crippen LogP contribution in [0.1, 0.15) is 17.0 Å². The molecule has 0 bridgehead atoms. The number of imidazole rings is 1. The van der Waals surface area contributed by atoms with Crippen LogP contribution in [-0.2, 0) is 0 Å². The zero-order chi connectivity index (χ0) is 11.7. The van der Waals surface area contributed by atoms with Crippen molar-refractivity contribution >= 4 is 5.69 Å². The smallest absolute Gasteiger partial charge is 0.162 e. The van der Waals surface area contributed by atoms with Gasteiger partial charge in [0.2, 0.25) is 0 Å². The van der Waals surface area contributed by atoms with Crippen molar-refractivity contribution in [2.75, 3.05) is 5.73 Å². The lowest BCUT2D eigenvalue weighted by atomic mass is 10.2. The van der Waals surface area contributed by atoms with E-state index >= 15 is 0 Å². The van der Waals surface area contributed by atoms with E-state index in [-0.39, 0.29) is 0 Å². The van der Waals surface area contributed by atoms with Gasteiger partial charge in [0.25, 0.3) is 0 Å². The summed E-state index contributed by atoms with van der Waals surface area (Å²) in [5.41, 5.74) is 8.56. The molecule has 0 atom stereocenters. The lowest BCUT2D eigenvalue weighted by molar-refractivity contribution is 0.953. The predicted octanol–water partition coefficient (Wildman–Crippen LogP) is 1.34. The molecule has 2 aromatic rings. The summed E-state index contributed by atoms with van der Waals surface area (Å²) in [5, 5.41) is 8.88. The number of anilines is 1. The Morgan fingerprint density at radius 1 is 1.38 bits per heavy atom. The molecule has 0 aromatic carbocycles. The Balaban J connectivity index is 2.66. The summed E-state index contributed by atoms with van der Waals surface area (Å²) in [5.74, 6) is 0.553. The summed E-state index contributed by atoms with van der Waals surface area (Å²) in [6, 6.07) is 3.63. The van der Waals surface area contributed by atoms with E-state index < -0.39 is 0 Å². The van der Waals surface area contributed by atoms with Gasteiger partial charge < -0.3 is 5.73 Å². The van der Waals surface area contributed by atoms with Crippen LogP contribution >= 0.6 is 0 Å². The number of pyridine rings is 1. The highest BCUT2D eigenvalue weighted by atomic mass is 15.1. The van der Waals surface area contributed by atoms with Gasteiger partial charge in [-0.2, -0.15) is 5.26 Å². The fourth-order valence-electron chi connectivity index (χ4n) is 1.46. The van der Waals surface area contributed by atoms with Crippen molar-refractivity contribution in [1.82, 2.24) is 14.5 Å². The van der Waals surface area contributed by atoms with Gasteiger partial charge in [-0.1, -0.05) is 0 Å². The first kappa shape index (κ1) is 10.2. The molecule has 0 aliphatic carbocycles. The van der Waals surface area contributed by atoms with Crippen molar-refractivity contribution in [3.63, 3.8) is 0 Å². The first-order valence-corrected chi connectivity index (χ1v) is 4.80. The number of hydrogen-bond acceptors (Lipinski definition) is 4. The zero-order valence-corrected chi connectivity index (χ0v) is 9.10. The highest BCUT2D eigenvalue weighted by Gasteiger charge is 2.11. The Kier molecular flexibility index (Phi) is 2.33. The summed E-state index contributed by atoms with van der Waals surface area (Å²) in [6.07, 6.45) is 3.23. The van der Waals surface area contributed by atoms with E-state index in [1.165, 1.54) is 0 Å². The second-order valence-electron chi connectivity index (χ2n) is 3.49. The molecular formula is C11H11N5. The molecule has 0 unspecified atom stereocenters. The Labute approximate surface area is 93.2 Å². The molecule has 5 heteroatoms. The molecule has 0 aliphatic rings. The monoisotopic (exact) mass is 213 g/mol. The number of nitriles is 1. The molecule has 5 nitrogen and oxygen atoms in total. The number of aryl methyl sites for hydroxylation is 1. The maximum Gasteiger partial charge on any atom is 0.162 e. The molecule has 80 valence electrons. The summed E-state index contributed by atoms with van der Waals surface area (Å²) in [6.45, 7) is 3.85. The van der Waals surface area contributed by atoms with Gasteiger partial charge >= 0.3 is 0 Å². The number of aromatic nitrogens is 3. The van der Waals surface area contributed by atoms with Crippen LogP contribution in [-0.4, -0.2) is 14.5 Å². The van der Waals surface area contributed by atoms with Gasteiger partial charge in [-0.25, -0.2) is 9.97 Å². The molecule has 0 aliphatic heterocycles. The molecule has 16 heavy (non-hydrogen) atoms. The van der Waals surface area contributed by atoms with Crippen molar-refractivity contribution in [3.05, 3.63) is 35.5 Å². The van der Waals surface area contributed by atoms with Gasteiger partial charge in [0.1, 0.15) is 12.4 Å². The van der Waals surface area contributed by atoms with Crippen LogP contribution in [0.2, 0.25) is 0 Å². The van der Waals surface area contributed by atoms with Gasteiger partial charge in [-0.3, -0.25) is 4.57 Å². The van der Waals surface area contributed by atoms with E-state index in [0.717, 1.165) is 11.4 Å². The fraction of sp³-hybridized carbons (Fsp3) is 0.182. The third kappa shape index (κ3) is 1.41. The molecule has 0 saturated heterocycles. The van der Waals surface area contributed by atoms with Crippen LogP contribution in [0.25, 0.3) is 5.82 Å². The second kappa shape index (κ2) is 3.66. The van der Waals surface area contributed by atoms with Gasteiger partial charge in [0, 0.05) is 11.9 Å². The standard InChI is InChI=1S/C11H11N5/c1-7-8(2)16(6-15-7)11-10(13)9(5-12)3-4-14-11/h3-4,6H,13H2,1-2H3. The van der Waals surface area contributed by atoms with Crippen LogP contribution in [0.4, 0.5) is 5.69 Å². The minimum Gasteiger partial charge on any atom is -0.395 e. The molecule has 0 spiro atoms. The zero-order valence-electron chi connectivity index (χ0n) is 9.10. The molecule has 0 radical (unpaired) electrons. The minimum atomic E-state index is 0.380. The number of rotatable bonds is 1. The quantitative estimate of drug-likeness (QED) is 0.775. The number of hydrogen-bond donors (Lipinski definition) is 1. The number of nitrogens with zero attached hydrogens (tertiary/aromatic N) is 4. The Morgan fingerprint density at radius 3 is 2.69 bits per heavy atom. The summed E-state index contributed by atoms with van der Waals surface area (Å²) < 4.78 is 1.78. The molecule has 0 fully saturated rings. The molecular weight excluding hydrogens is 202 g/mol. The largest absolute Gasteiger partial charge is 0.395 e. The van der Waals surface area contributed by atoms with E-state index in [9.17, 15) is 0 Å². The highest BCUT2D eigenvalue weighted by molar-refractivity contribution is 5.63. The number of nitrogen functional groups attached to an aromatic ring is 1. The maximum absolute atomic E-state index is 8.88. The maximum atomic E-state index is 8.88. The minimum absolute atomic E-state index is 0.380. The lowest BCUT2D eigenvalue weighted by Crippen LogP contribution is -2.05. The Morgan fingerprint density at radius 2 is 2.12 bits per heavy atom. The van der Waals surface area contributed by atoms with E-state index in [1.54, 1.807) is 23.2 Å². The average Bonchev–Trinajstić information content (AvgIpc) is 2.61. The van der Waals surface area contributed by atoms with Gasteiger partial charge in [0.05, 0.1) is 16.9 Å². The van der Waals surface area contributed by atoms with Crippen LogP contribution in [0.5, 0.6) is 0 Å². The van der Waals surface area contributed by atoms with E-state index in [4.69, 9.17) is 11.0 Å². The van der Waals surface area contributed by atoms with Gasteiger partial charge in [-0.05, 0) is 19.9 Å². The predicted molar refractivity (Wildman–Crippen MR) is 60.0 cm³/mol. The highest BCUT2D eigenvalue weighted by Crippen LogP contribution is 2.20. The second-order valence-corrected chi connectivity index (χ2v) is 3.49. The molecule has 0 saturated carbocycles. The SMILES string of the molecule is Cc1ncn(-c2nccc(C#N)c2N)c1C. The van der Waals surface area contributed by atoms with Crippen LogP contribution in [0.15, 0.2) is 18.6 Å². The van der Waals surface area contributed by atoms with Crippen LogP contribution in [0, 0.1) is 25.2 Å². The van der Waals surface area contributed by atoms with Crippen molar-refractivity contribution in [2.45, 2.75) is 13.8 Å². The first-order valence-electron chi connectivity index (χ1n) is 4.80. The van der Waals surface area contributed by atoms with Gasteiger partial charge in [-0.15, -0.1) is 0 Å². The normalized spacial score (nSPS) is 10.1. The Bertz CT molecular complexity index is 577. The molecule has 2 N–H and O–H groups in total. The molecule has 0 amide bonds. The number of nitrogens with two attached hydrogens (primary N) is 1. The summed E-state index contributed by atoms with van der Waals surface area (Å²) in [4.78, 5) is 8.35. The molecule has 2 heterocycles.